The Morgan fingerprint density at radius 3 is 2.52 bits per heavy atom. The molecule has 0 atom stereocenters. The van der Waals surface area contributed by atoms with Gasteiger partial charge in [-0.15, -0.1) is 0 Å². The van der Waals surface area contributed by atoms with Gasteiger partial charge in [-0.05, 0) is 47.9 Å². The molecule has 120 valence electrons. The highest BCUT2D eigenvalue weighted by Crippen LogP contribution is 2.33. The molecule has 4 heteroatoms. The molecule has 0 radical (unpaired) electrons. The van der Waals surface area contributed by atoms with Crippen LogP contribution in [-0.2, 0) is 0 Å². The standard InChI is InChI=1S/C21H13ClN2O/c22-18-8-4-5-15-16(18)6-3-7-17(15)21-23-19-13-14(9-10-20(19)25-21)24-11-1-2-12-24/h1-13H. The number of benzene rings is 3. The fourth-order valence-electron chi connectivity index (χ4n) is 3.16. The number of nitrogens with zero attached hydrogens (tertiary/aromatic N) is 2. The predicted molar refractivity (Wildman–Crippen MR) is 101 cm³/mol. The minimum atomic E-state index is 0.604. The van der Waals surface area contributed by atoms with Crippen LogP contribution in [0, 0.1) is 0 Å². The molecule has 2 aromatic heterocycles. The Balaban J connectivity index is 1.70. The van der Waals surface area contributed by atoms with Crippen LogP contribution in [0.5, 0.6) is 0 Å². The third-order valence-electron chi connectivity index (χ3n) is 4.37. The van der Waals surface area contributed by atoms with Crippen molar-refractivity contribution in [3.05, 3.63) is 84.1 Å². The Morgan fingerprint density at radius 2 is 1.64 bits per heavy atom. The van der Waals surface area contributed by atoms with E-state index in [1.165, 1.54) is 0 Å². The topological polar surface area (TPSA) is 31.0 Å². The molecule has 0 N–H and O–H groups in total. The summed E-state index contributed by atoms with van der Waals surface area (Å²) in [5, 5.41) is 2.76. The van der Waals surface area contributed by atoms with Gasteiger partial charge in [-0.2, -0.15) is 0 Å². The molecule has 0 fully saturated rings. The normalized spacial score (nSPS) is 11.4. The maximum Gasteiger partial charge on any atom is 0.227 e. The van der Waals surface area contributed by atoms with E-state index in [2.05, 4.69) is 0 Å². The number of rotatable bonds is 2. The van der Waals surface area contributed by atoms with Crippen molar-refractivity contribution >= 4 is 33.5 Å². The van der Waals surface area contributed by atoms with E-state index < -0.39 is 0 Å². The van der Waals surface area contributed by atoms with E-state index in [1.807, 2.05) is 83.7 Å². The average molecular weight is 345 g/mol. The Kier molecular flexibility index (Phi) is 3.15. The van der Waals surface area contributed by atoms with E-state index in [0.717, 1.165) is 38.1 Å². The van der Waals surface area contributed by atoms with Gasteiger partial charge in [0.05, 0.1) is 0 Å². The van der Waals surface area contributed by atoms with Crippen molar-refractivity contribution in [3.63, 3.8) is 0 Å². The minimum Gasteiger partial charge on any atom is -0.436 e. The first kappa shape index (κ1) is 14.3. The highest BCUT2D eigenvalue weighted by atomic mass is 35.5. The van der Waals surface area contributed by atoms with Crippen LogP contribution < -0.4 is 0 Å². The van der Waals surface area contributed by atoms with Crippen LogP contribution in [-0.4, -0.2) is 9.55 Å². The summed E-state index contributed by atoms with van der Waals surface area (Å²) in [7, 11) is 0. The van der Waals surface area contributed by atoms with Gasteiger partial charge in [0.15, 0.2) is 5.58 Å². The molecule has 0 aliphatic carbocycles. The lowest BCUT2D eigenvalue weighted by Gasteiger charge is -2.04. The molecule has 0 bridgehead atoms. The second-order valence-corrected chi connectivity index (χ2v) is 6.31. The molecule has 0 saturated heterocycles. The van der Waals surface area contributed by atoms with E-state index in [-0.39, 0.29) is 0 Å². The fourth-order valence-corrected chi connectivity index (χ4v) is 3.39. The first-order valence-electron chi connectivity index (χ1n) is 8.01. The second kappa shape index (κ2) is 5.50. The van der Waals surface area contributed by atoms with Crippen LogP contribution in [0.2, 0.25) is 5.02 Å². The van der Waals surface area contributed by atoms with E-state index in [4.69, 9.17) is 21.0 Å². The molecule has 0 aliphatic rings. The zero-order valence-electron chi connectivity index (χ0n) is 13.2. The molecule has 3 aromatic carbocycles. The summed E-state index contributed by atoms with van der Waals surface area (Å²) in [6.07, 6.45) is 4.02. The second-order valence-electron chi connectivity index (χ2n) is 5.90. The predicted octanol–water partition coefficient (Wildman–Crippen LogP) is 6.09. The highest BCUT2D eigenvalue weighted by molar-refractivity contribution is 6.35. The molecular weight excluding hydrogens is 332 g/mol. The summed E-state index contributed by atoms with van der Waals surface area (Å²) in [5.74, 6) is 0.604. The number of aromatic nitrogens is 2. The summed E-state index contributed by atoms with van der Waals surface area (Å²) < 4.78 is 8.06. The Labute approximate surface area is 149 Å². The number of fused-ring (bicyclic) bond motifs is 2. The van der Waals surface area contributed by atoms with Crippen LogP contribution in [0.15, 0.2) is 83.5 Å². The van der Waals surface area contributed by atoms with Gasteiger partial charge in [0.25, 0.3) is 0 Å². The molecule has 2 heterocycles. The smallest absolute Gasteiger partial charge is 0.227 e. The van der Waals surface area contributed by atoms with Gasteiger partial charge in [0.1, 0.15) is 5.52 Å². The Bertz CT molecular complexity index is 1210. The van der Waals surface area contributed by atoms with Crippen molar-refractivity contribution in [3.8, 4) is 17.1 Å². The Hall–Kier alpha value is -3.04. The van der Waals surface area contributed by atoms with E-state index in [0.29, 0.717) is 5.89 Å². The summed E-state index contributed by atoms with van der Waals surface area (Å²) in [6.45, 7) is 0. The fraction of sp³-hybridized carbons (Fsp3) is 0. The van der Waals surface area contributed by atoms with Crippen molar-refractivity contribution in [2.24, 2.45) is 0 Å². The van der Waals surface area contributed by atoms with Crippen LogP contribution in [0.1, 0.15) is 0 Å². The van der Waals surface area contributed by atoms with Crippen molar-refractivity contribution in [2.45, 2.75) is 0 Å². The summed E-state index contributed by atoms with van der Waals surface area (Å²) in [4.78, 5) is 4.71. The quantitative estimate of drug-likeness (QED) is 0.388. The first-order valence-corrected chi connectivity index (χ1v) is 8.39. The number of hydrogen-bond acceptors (Lipinski definition) is 2. The van der Waals surface area contributed by atoms with Gasteiger partial charge in [0.2, 0.25) is 5.89 Å². The van der Waals surface area contributed by atoms with Gasteiger partial charge in [-0.25, -0.2) is 4.98 Å². The van der Waals surface area contributed by atoms with Crippen LogP contribution in [0.4, 0.5) is 0 Å². The van der Waals surface area contributed by atoms with Crippen LogP contribution in [0.25, 0.3) is 39.0 Å². The van der Waals surface area contributed by atoms with Gasteiger partial charge >= 0.3 is 0 Å². The summed E-state index contributed by atoms with van der Waals surface area (Å²) in [5.41, 5.74) is 3.60. The van der Waals surface area contributed by atoms with Crippen molar-refractivity contribution in [1.82, 2.24) is 9.55 Å². The van der Waals surface area contributed by atoms with E-state index >= 15 is 0 Å². The molecular formula is C21H13ClN2O. The number of oxazole rings is 1. The van der Waals surface area contributed by atoms with Crippen molar-refractivity contribution < 1.29 is 4.42 Å². The third-order valence-corrected chi connectivity index (χ3v) is 4.70. The maximum absolute atomic E-state index is 6.32. The lowest BCUT2D eigenvalue weighted by Crippen LogP contribution is -1.88. The van der Waals surface area contributed by atoms with E-state index in [9.17, 15) is 0 Å². The van der Waals surface area contributed by atoms with Crippen molar-refractivity contribution in [1.29, 1.82) is 0 Å². The molecule has 25 heavy (non-hydrogen) atoms. The lowest BCUT2D eigenvalue weighted by atomic mass is 10.0. The summed E-state index contributed by atoms with van der Waals surface area (Å²) >= 11 is 6.32. The average Bonchev–Trinajstić information content (AvgIpc) is 3.30. The monoisotopic (exact) mass is 344 g/mol. The van der Waals surface area contributed by atoms with Crippen LogP contribution in [0.3, 0.4) is 0 Å². The summed E-state index contributed by atoms with van der Waals surface area (Å²) in [6, 6.07) is 21.9. The molecule has 0 spiro atoms. The molecule has 5 rings (SSSR count). The van der Waals surface area contributed by atoms with Gasteiger partial charge in [-0.1, -0.05) is 35.9 Å². The van der Waals surface area contributed by atoms with Gasteiger partial charge in [-0.3, -0.25) is 0 Å². The Morgan fingerprint density at radius 1 is 0.840 bits per heavy atom. The third kappa shape index (κ3) is 2.32. The number of hydrogen-bond donors (Lipinski definition) is 0. The van der Waals surface area contributed by atoms with E-state index in [1.54, 1.807) is 0 Å². The van der Waals surface area contributed by atoms with Gasteiger partial charge < -0.3 is 8.98 Å². The molecule has 0 saturated carbocycles. The maximum atomic E-state index is 6.32. The molecule has 5 aromatic rings. The molecule has 3 nitrogen and oxygen atoms in total. The highest BCUT2D eigenvalue weighted by Gasteiger charge is 2.13. The van der Waals surface area contributed by atoms with Crippen molar-refractivity contribution in [2.75, 3.05) is 0 Å². The minimum absolute atomic E-state index is 0.604. The first-order chi connectivity index (χ1) is 12.3. The SMILES string of the molecule is Clc1cccc2c(-c3nc4cc(-n5cccc5)ccc4o3)cccc12. The van der Waals surface area contributed by atoms with Gasteiger partial charge in [0, 0.05) is 34.1 Å². The lowest BCUT2D eigenvalue weighted by molar-refractivity contribution is 0.620. The molecule has 0 unspecified atom stereocenters. The largest absolute Gasteiger partial charge is 0.436 e. The number of halogens is 1. The molecule has 0 amide bonds. The zero-order chi connectivity index (χ0) is 16.8. The van der Waals surface area contributed by atoms with Crippen LogP contribution >= 0.6 is 11.6 Å². The molecule has 0 aliphatic heterocycles. The zero-order valence-corrected chi connectivity index (χ0v) is 13.9.